The molecule has 0 fully saturated rings. The highest BCUT2D eigenvalue weighted by atomic mass is 35.5. The van der Waals surface area contributed by atoms with Crippen LogP contribution in [0.25, 0.3) is 10.8 Å². The molecule has 3 aromatic rings. The zero-order chi connectivity index (χ0) is 17.1. The molecule has 3 aromatic carbocycles. The Balaban J connectivity index is 1.82. The van der Waals surface area contributed by atoms with Crippen LogP contribution in [0.1, 0.15) is 5.56 Å². The van der Waals surface area contributed by atoms with E-state index in [1.54, 1.807) is 24.3 Å². The Labute approximate surface area is 149 Å². The molecule has 5 heteroatoms. The fraction of sp³-hybridized carbons (Fsp3) is 0.105. The Morgan fingerprint density at radius 2 is 1.71 bits per heavy atom. The Kier molecular flexibility index (Phi) is 4.93. The number of hydrogen-bond donors (Lipinski definition) is 1. The fourth-order valence-corrected chi connectivity index (χ4v) is 2.79. The first-order chi connectivity index (χ1) is 11.5. The number of aliphatic carboxylic acids is 1. The van der Waals surface area contributed by atoms with Gasteiger partial charge < -0.3 is 9.84 Å². The average molecular weight is 361 g/mol. The van der Waals surface area contributed by atoms with E-state index in [1.165, 1.54) is 0 Å². The van der Waals surface area contributed by atoms with E-state index < -0.39 is 12.1 Å². The molecule has 0 heterocycles. The summed E-state index contributed by atoms with van der Waals surface area (Å²) in [5.74, 6) is -0.518. The molecule has 0 unspecified atom stereocenters. The molecule has 24 heavy (non-hydrogen) atoms. The lowest BCUT2D eigenvalue weighted by Gasteiger charge is -2.16. The minimum absolute atomic E-state index is 0.194. The fourth-order valence-electron chi connectivity index (χ4n) is 2.47. The van der Waals surface area contributed by atoms with Crippen molar-refractivity contribution >= 4 is 39.9 Å². The maximum atomic E-state index is 11.5. The van der Waals surface area contributed by atoms with Gasteiger partial charge in [0.25, 0.3) is 0 Å². The van der Waals surface area contributed by atoms with Gasteiger partial charge in [0.15, 0.2) is 6.10 Å². The second-order valence-electron chi connectivity index (χ2n) is 5.41. The molecule has 1 atom stereocenters. The van der Waals surface area contributed by atoms with Gasteiger partial charge in [0.1, 0.15) is 5.75 Å². The third kappa shape index (κ3) is 3.81. The van der Waals surface area contributed by atoms with E-state index in [2.05, 4.69) is 0 Å². The molecule has 122 valence electrons. The van der Waals surface area contributed by atoms with Crippen molar-refractivity contribution < 1.29 is 14.6 Å². The predicted octanol–water partition coefficient (Wildman–Crippen LogP) is 5.22. The van der Waals surface area contributed by atoms with E-state index in [1.807, 2.05) is 36.4 Å². The number of rotatable bonds is 5. The van der Waals surface area contributed by atoms with Crippen molar-refractivity contribution in [2.45, 2.75) is 12.5 Å². The van der Waals surface area contributed by atoms with Gasteiger partial charge in [-0.25, -0.2) is 4.79 Å². The Morgan fingerprint density at radius 1 is 0.958 bits per heavy atom. The first-order valence-corrected chi connectivity index (χ1v) is 8.11. The van der Waals surface area contributed by atoms with Crippen molar-refractivity contribution in [1.29, 1.82) is 0 Å². The van der Waals surface area contributed by atoms with Crippen molar-refractivity contribution in [2.75, 3.05) is 0 Å². The average Bonchev–Trinajstić information content (AvgIpc) is 2.57. The molecule has 0 amide bonds. The summed E-state index contributed by atoms with van der Waals surface area (Å²) in [5, 5.41) is 12.3. The van der Waals surface area contributed by atoms with Crippen LogP contribution in [0, 0.1) is 0 Å². The summed E-state index contributed by atoms with van der Waals surface area (Å²) in [6.45, 7) is 0. The minimum atomic E-state index is -1.03. The normalized spacial score (nSPS) is 12.1. The SMILES string of the molecule is O=C(O)[C@@H](Cc1ccc(Cl)c(Cl)c1)Oc1ccc2ccccc2c1. The number of benzene rings is 3. The van der Waals surface area contributed by atoms with Crippen LogP contribution >= 0.6 is 23.2 Å². The van der Waals surface area contributed by atoms with Crippen molar-refractivity contribution in [3.63, 3.8) is 0 Å². The Bertz CT molecular complexity index is 893. The molecule has 0 bridgehead atoms. The van der Waals surface area contributed by atoms with E-state index >= 15 is 0 Å². The molecule has 0 aliphatic heterocycles. The number of carbonyl (C=O) groups is 1. The van der Waals surface area contributed by atoms with Gasteiger partial charge in [-0.1, -0.05) is 59.6 Å². The molecule has 0 spiro atoms. The number of carboxylic acids is 1. The second-order valence-corrected chi connectivity index (χ2v) is 6.22. The van der Waals surface area contributed by atoms with Crippen LogP contribution in [-0.4, -0.2) is 17.2 Å². The summed E-state index contributed by atoms with van der Waals surface area (Å²) in [7, 11) is 0. The Hall–Kier alpha value is -2.23. The lowest BCUT2D eigenvalue weighted by Crippen LogP contribution is -2.29. The highest BCUT2D eigenvalue weighted by Gasteiger charge is 2.20. The molecule has 0 radical (unpaired) electrons. The lowest BCUT2D eigenvalue weighted by atomic mass is 10.1. The highest BCUT2D eigenvalue weighted by Crippen LogP contribution is 2.25. The molecule has 0 aromatic heterocycles. The quantitative estimate of drug-likeness (QED) is 0.678. The first kappa shape index (κ1) is 16.6. The van der Waals surface area contributed by atoms with Crippen LogP contribution in [0.3, 0.4) is 0 Å². The van der Waals surface area contributed by atoms with Gasteiger partial charge in [0.05, 0.1) is 10.0 Å². The van der Waals surface area contributed by atoms with E-state index in [-0.39, 0.29) is 6.42 Å². The smallest absolute Gasteiger partial charge is 0.345 e. The molecule has 3 nitrogen and oxygen atoms in total. The topological polar surface area (TPSA) is 46.5 Å². The highest BCUT2D eigenvalue weighted by molar-refractivity contribution is 6.42. The minimum Gasteiger partial charge on any atom is -0.478 e. The number of fused-ring (bicyclic) bond motifs is 1. The van der Waals surface area contributed by atoms with Crippen LogP contribution in [0.15, 0.2) is 60.7 Å². The predicted molar refractivity (Wildman–Crippen MR) is 96.2 cm³/mol. The maximum absolute atomic E-state index is 11.5. The number of hydrogen-bond acceptors (Lipinski definition) is 2. The number of carboxylic acid groups (broad SMARTS) is 1. The van der Waals surface area contributed by atoms with Crippen molar-refractivity contribution in [2.24, 2.45) is 0 Å². The third-order valence-electron chi connectivity index (χ3n) is 3.68. The second kappa shape index (κ2) is 7.12. The number of halogens is 2. The van der Waals surface area contributed by atoms with E-state index in [9.17, 15) is 9.90 Å². The van der Waals surface area contributed by atoms with Crippen LogP contribution in [0.4, 0.5) is 0 Å². The van der Waals surface area contributed by atoms with Gasteiger partial charge in [-0.2, -0.15) is 0 Å². The van der Waals surface area contributed by atoms with Crippen LogP contribution in [0.2, 0.25) is 10.0 Å². The summed E-state index contributed by atoms with van der Waals surface area (Å²) in [4.78, 5) is 11.5. The summed E-state index contributed by atoms with van der Waals surface area (Å²) < 4.78 is 5.68. The maximum Gasteiger partial charge on any atom is 0.345 e. The lowest BCUT2D eigenvalue weighted by molar-refractivity contribution is -0.145. The molecular formula is C19H14Cl2O3. The van der Waals surface area contributed by atoms with Crippen molar-refractivity contribution in [1.82, 2.24) is 0 Å². The van der Waals surface area contributed by atoms with Gasteiger partial charge in [-0.05, 0) is 40.6 Å². The van der Waals surface area contributed by atoms with Gasteiger partial charge in [0.2, 0.25) is 0 Å². The van der Waals surface area contributed by atoms with Gasteiger partial charge in [-0.15, -0.1) is 0 Å². The van der Waals surface area contributed by atoms with Crippen molar-refractivity contribution in [3.05, 3.63) is 76.3 Å². The molecule has 0 saturated carbocycles. The molecular weight excluding hydrogens is 347 g/mol. The van der Waals surface area contributed by atoms with Crippen molar-refractivity contribution in [3.8, 4) is 5.75 Å². The summed E-state index contributed by atoms with van der Waals surface area (Å²) in [6.07, 6.45) is -0.817. The molecule has 1 N–H and O–H groups in total. The molecule has 0 saturated heterocycles. The van der Waals surface area contributed by atoms with Crippen LogP contribution in [0.5, 0.6) is 5.75 Å². The largest absolute Gasteiger partial charge is 0.478 e. The summed E-state index contributed by atoms with van der Waals surface area (Å²) in [6, 6.07) is 18.4. The van der Waals surface area contributed by atoms with E-state index in [0.717, 1.165) is 16.3 Å². The van der Waals surface area contributed by atoms with Gasteiger partial charge in [0, 0.05) is 6.42 Å². The van der Waals surface area contributed by atoms with Gasteiger partial charge in [-0.3, -0.25) is 0 Å². The number of ether oxygens (including phenoxy) is 1. The molecule has 0 aliphatic carbocycles. The summed E-state index contributed by atoms with van der Waals surface area (Å²) >= 11 is 11.9. The van der Waals surface area contributed by atoms with E-state index in [4.69, 9.17) is 27.9 Å². The van der Waals surface area contributed by atoms with Gasteiger partial charge >= 0.3 is 5.97 Å². The summed E-state index contributed by atoms with van der Waals surface area (Å²) in [5.41, 5.74) is 0.748. The third-order valence-corrected chi connectivity index (χ3v) is 4.42. The Morgan fingerprint density at radius 3 is 2.42 bits per heavy atom. The van der Waals surface area contributed by atoms with Crippen LogP contribution in [-0.2, 0) is 11.2 Å². The molecule has 3 rings (SSSR count). The standard InChI is InChI=1S/C19H14Cl2O3/c20-16-8-5-12(9-17(16)21)10-18(19(22)23)24-15-7-6-13-3-1-2-4-14(13)11-15/h1-9,11,18H,10H2,(H,22,23)/t18-/m1/s1. The zero-order valence-electron chi connectivity index (χ0n) is 12.6. The van der Waals surface area contributed by atoms with Crippen LogP contribution < -0.4 is 4.74 Å². The first-order valence-electron chi connectivity index (χ1n) is 7.35. The van der Waals surface area contributed by atoms with E-state index in [0.29, 0.717) is 15.8 Å². The molecule has 0 aliphatic rings. The monoisotopic (exact) mass is 360 g/mol. The zero-order valence-corrected chi connectivity index (χ0v) is 14.1.